The van der Waals surface area contributed by atoms with Gasteiger partial charge in [0.1, 0.15) is 11.6 Å². The van der Waals surface area contributed by atoms with Crippen LogP contribution in [-0.4, -0.2) is 87.2 Å². The highest BCUT2D eigenvalue weighted by Gasteiger charge is 2.32. The van der Waals surface area contributed by atoms with Gasteiger partial charge >= 0.3 is 0 Å². The summed E-state index contributed by atoms with van der Waals surface area (Å²) in [6.45, 7) is 6.15. The molecule has 2 N–H and O–H groups in total. The van der Waals surface area contributed by atoms with Crippen molar-refractivity contribution in [1.82, 2.24) is 20.4 Å². The van der Waals surface area contributed by atoms with E-state index >= 15 is 0 Å². The molecule has 0 aliphatic carbocycles. The number of benzene rings is 1. The van der Waals surface area contributed by atoms with E-state index in [2.05, 4.69) is 15.5 Å². The third-order valence-corrected chi connectivity index (χ3v) is 5.53. The number of nitrogens with one attached hydrogen (secondary N) is 2. The van der Waals surface area contributed by atoms with Crippen LogP contribution in [0.4, 0.5) is 4.39 Å². The smallest absolute Gasteiger partial charge is 0.237 e. The van der Waals surface area contributed by atoms with E-state index in [1.54, 1.807) is 12.1 Å². The summed E-state index contributed by atoms with van der Waals surface area (Å²) in [5.74, 6) is -0.301. The number of amides is 2. The lowest BCUT2D eigenvalue weighted by molar-refractivity contribution is -0.134. The Bertz CT molecular complexity index is 727. The van der Waals surface area contributed by atoms with E-state index < -0.39 is 6.04 Å². The van der Waals surface area contributed by atoms with Gasteiger partial charge < -0.3 is 20.1 Å². The largest absolute Gasteiger partial charge is 0.497 e. The Morgan fingerprint density at radius 3 is 2.87 bits per heavy atom. The van der Waals surface area contributed by atoms with Crippen LogP contribution in [0.25, 0.3) is 0 Å². The van der Waals surface area contributed by atoms with Crippen molar-refractivity contribution in [2.75, 3.05) is 59.6 Å². The zero-order valence-electron chi connectivity index (χ0n) is 17.5. The van der Waals surface area contributed by atoms with Crippen LogP contribution >= 0.6 is 0 Å². The first-order chi connectivity index (χ1) is 14.6. The second-order valence-corrected chi connectivity index (χ2v) is 7.60. The van der Waals surface area contributed by atoms with Crippen LogP contribution in [0.1, 0.15) is 18.4 Å². The van der Waals surface area contributed by atoms with Gasteiger partial charge in [0.15, 0.2) is 0 Å². The van der Waals surface area contributed by atoms with E-state index in [9.17, 15) is 14.0 Å². The van der Waals surface area contributed by atoms with Crippen molar-refractivity contribution < 1.29 is 23.5 Å². The summed E-state index contributed by atoms with van der Waals surface area (Å²) in [7, 11) is 1.49. The van der Waals surface area contributed by atoms with Crippen LogP contribution in [0, 0.1) is 5.82 Å². The quantitative estimate of drug-likeness (QED) is 0.560. The van der Waals surface area contributed by atoms with E-state index in [0.717, 1.165) is 39.3 Å². The molecule has 2 heterocycles. The molecule has 2 aliphatic heterocycles. The molecule has 1 aromatic carbocycles. The summed E-state index contributed by atoms with van der Waals surface area (Å²) in [6, 6.07) is 4.07. The predicted molar refractivity (Wildman–Crippen MR) is 110 cm³/mol. The van der Waals surface area contributed by atoms with Crippen molar-refractivity contribution >= 4 is 11.8 Å². The van der Waals surface area contributed by atoms with E-state index in [1.807, 2.05) is 4.90 Å². The first-order valence-corrected chi connectivity index (χ1v) is 10.5. The maximum absolute atomic E-state index is 14.3. The Balaban J connectivity index is 1.49. The summed E-state index contributed by atoms with van der Waals surface area (Å²) in [4.78, 5) is 29.0. The highest BCUT2D eigenvalue weighted by Crippen LogP contribution is 2.20. The molecule has 2 fully saturated rings. The number of hydrogen-bond acceptors (Lipinski definition) is 6. The summed E-state index contributed by atoms with van der Waals surface area (Å²) >= 11 is 0. The minimum atomic E-state index is -0.612. The molecule has 166 valence electrons. The number of rotatable bonds is 9. The van der Waals surface area contributed by atoms with Gasteiger partial charge in [-0.05, 0) is 19.0 Å². The molecule has 2 saturated heterocycles. The Labute approximate surface area is 176 Å². The normalized spacial score (nSPS) is 20.6. The molecular formula is C21H31FN4O4. The molecule has 30 heavy (non-hydrogen) atoms. The number of carbonyl (C=O) groups excluding carboxylic acids is 2. The topological polar surface area (TPSA) is 83.1 Å². The Hall–Kier alpha value is -2.23. The third kappa shape index (κ3) is 6.38. The zero-order chi connectivity index (χ0) is 21.3. The summed E-state index contributed by atoms with van der Waals surface area (Å²) in [5.41, 5.74) is 0.474. The van der Waals surface area contributed by atoms with Crippen LogP contribution in [-0.2, 0) is 20.9 Å². The van der Waals surface area contributed by atoms with Gasteiger partial charge in [-0.3, -0.25) is 19.4 Å². The number of methoxy groups -OCH3 is 1. The van der Waals surface area contributed by atoms with Crippen LogP contribution in [0.5, 0.6) is 5.75 Å². The number of hydrogen-bond donors (Lipinski definition) is 2. The maximum atomic E-state index is 14.3. The van der Waals surface area contributed by atoms with Gasteiger partial charge in [0.25, 0.3) is 0 Å². The molecule has 0 radical (unpaired) electrons. The number of halogens is 1. The molecule has 0 saturated carbocycles. The lowest BCUT2D eigenvalue weighted by Gasteiger charge is -2.34. The van der Waals surface area contributed by atoms with Crippen LogP contribution in [0.2, 0.25) is 0 Å². The van der Waals surface area contributed by atoms with Crippen molar-refractivity contribution in [3.05, 3.63) is 29.6 Å². The minimum absolute atomic E-state index is 0.0567. The highest BCUT2D eigenvalue weighted by atomic mass is 19.1. The average Bonchev–Trinajstić information content (AvgIpc) is 2.75. The summed E-state index contributed by atoms with van der Waals surface area (Å²) < 4.78 is 24.7. The molecule has 2 aliphatic rings. The second-order valence-electron chi connectivity index (χ2n) is 7.60. The van der Waals surface area contributed by atoms with Gasteiger partial charge in [-0.25, -0.2) is 4.39 Å². The van der Waals surface area contributed by atoms with Gasteiger partial charge in [-0.2, -0.15) is 0 Å². The lowest BCUT2D eigenvalue weighted by Crippen LogP contribution is -2.56. The maximum Gasteiger partial charge on any atom is 0.237 e. The van der Waals surface area contributed by atoms with Crippen LogP contribution in [0.3, 0.4) is 0 Å². The summed E-state index contributed by atoms with van der Waals surface area (Å²) in [6.07, 6.45) is 0.907. The SMILES string of the molecule is COc1ccc(CN2CCNC(=O)[C@H]2CC(=O)NCCCN2CCOCC2)c(F)c1. The Morgan fingerprint density at radius 1 is 1.33 bits per heavy atom. The standard InChI is InChI=1S/C21H31FN4O4/c1-29-17-4-3-16(18(22)13-17)15-26-8-6-24-21(28)19(26)14-20(27)23-5-2-7-25-9-11-30-12-10-25/h3-4,13,19H,2,5-12,14-15H2,1H3,(H,23,27)(H,24,28)/t19-/m1/s1. The van der Waals surface area contributed by atoms with Gasteiger partial charge in [0.2, 0.25) is 11.8 Å². The molecule has 0 aromatic heterocycles. The molecular weight excluding hydrogens is 391 g/mol. The van der Waals surface area contributed by atoms with Crippen molar-refractivity contribution in [2.45, 2.75) is 25.4 Å². The monoisotopic (exact) mass is 422 g/mol. The highest BCUT2D eigenvalue weighted by molar-refractivity contribution is 5.88. The molecule has 0 unspecified atom stereocenters. The fraction of sp³-hybridized carbons (Fsp3) is 0.619. The Morgan fingerprint density at radius 2 is 2.13 bits per heavy atom. The first kappa shape index (κ1) is 22.5. The van der Waals surface area contributed by atoms with Gasteiger partial charge in [0.05, 0.1) is 32.8 Å². The second kappa shape index (κ2) is 11.2. The van der Waals surface area contributed by atoms with Crippen molar-refractivity contribution in [2.24, 2.45) is 0 Å². The van der Waals surface area contributed by atoms with Crippen molar-refractivity contribution in [3.63, 3.8) is 0 Å². The number of nitrogens with zero attached hydrogens (tertiary/aromatic N) is 2. The minimum Gasteiger partial charge on any atom is -0.497 e. The van der Waals surface area contributed by atoms with Crippen LogP contribution in [0.15, 0.2) is 18.2 Å². The summed E-state index contributed by atoms with van der Waals surface area (Å²) in [5, 5.41) is 5.71. The molecule has 2 amide bonds. The van der Waals surface area contributed by atoms with Gasteiger partial charge in [0, 0.05) is 50.9 Å². The number of ether oxygens (including phenoxy) is 2. The van der Waals surface area contributed by atoms with E-state index in [0.29, 0.717) is 30.9 Å². The van der Waals surface area contributed by atoms with E-state index in [-0.39, 0.29) is 30.6 Å². The van der Waals surface area contributed by atoms with Crippen molar-refractivity contribution in [1.29, 1.82) is 0 Å². The predicted octanol–water partition coefficient (Wildman–Crippen LogP) is 0.363. The molecule has 0 bridgehead atoms. The lowest BCUT2D eigenvalue weighted by atomic mass is 10.1. The first-order valence-electron chi connectivity index (χ1n) is 10.5. The molecule has 1 atom stereocenters. The Kier molecular flexibility index (Phi) is 8.41. The third-order valence-electron chi connectivity index (χ3n) is 5.53. The van der Waals surface area contributed by atoms with Crippen LogP contribution < -0.4 is 15.4 Å². The van der Waals surface area contributed by atoms with Crippen molar-refractivity contribution in [3.8, 4) is 5.75 Å². The zero-order valence-corrected chi connectivity index (χ0v) is 17.5. The molecule has 8 nitrogen and oxygen atoms in total. The fourth-order valence-corrected chi connectivity index (χ4v) is 3.78. The molecule has 1 aromatic rings. The average molecular weight is 423 g/mol. The molecule has 3 rings (SSSR count). The van der Waals surface area contributed by atoms with Gasteiger partial charge in [-0.1, -0.05) is 6.07 Å². The number of morpholine rings is 1. The molecule has 0 spiro atoms. The number of piperazine rings is 1. The van der Waals surface area contributed by atoms with Gasteiger partial charge in [-0.15, -0.1) is 0 Å². The van der Waals surface area contributed by atoms with E-state index in [4.69, 9.17) is 9.47 Å². The fourth-order valence-electron chi connectivity index (χ4n) is 3.78. The molecule has 9 heteroatoms. The number of carbonyl (C=O) groups is 2. The van der Waals surface area contributed by atoms with E-state index in [1.165, 1.54) is 13.2 Å².